The number of ether oxygens (including phenoxy) is 3. The van der Waals surface area contributed by atoms with Gasteiger partial charge in [-0.1, -0.05) is 91.0 Å². The van der Waals surface area contributed by atoms with Crippen molar-refractivity contribution in [1.29, 1.82) is 0 Å². The van der Waals surface area contributed by atoms with E-state index in [0.717, 1.165) is 16.7 Å². The Kier molecular flexibility index (Phi) is 7.78. The van der Waals surface area contributed by atoms with Crippen molar-refractivity contribution >= 4 is 12.6 Å². The normalized spacial score (nSPS) is 25.9. The first kappa shape index (κ1) is 22.1. The summed E-state index contributed by atoms with van der Waals surface area (Å²) < 4.78 is 18.5. The largest absolute Gasteiger partial charge is 0.388 e. The van der Waals surface area contributed by atoms with Crippen LogP contribution in [0.15, 0.2) is 91.0 Å². The fourth-order valence-corrected chi connectivity index (χ4v) is 4.24. The number of benzene rings is 3. The van der Waals surface area contributed by atoms with E-state index >= 15 is 0 Å². The van der Waals surface area contributed by atoms with E-state index in [1.54, 1.807) is 0 Å². The molecule has 3 aromatic carbocycles. The predicted octanol–water partition coefficient (Wildman–Crippen LogP) is 4.42. The van der Waals surface area contributed by atoms with Crippen molar-refractivity contribution in [1.82, 2.24) is 0 Å². The average Bonchev–Trinajstić information content (AvgIpc) is 2.81. The van der Waals surface area contributed by atoms with Gasteiger partial charge < -0.3 is 19.3 Å². The standard InChI is InChI=1S/C26H28O4S/c27-23-22(16-19-10-4-1-5-11-19)30-26(31)25(29-18-21-14-8-3-9-15-21)24(23)28-17-20-12-6-2-7-13-20/h1-15,22-27,31H,16-18H2/t22?,23-,24-,25-,26+/m1/s1. The molecule has 1 N–H and O–H groups in total. The molecule has 1 saturated heterocycles. The first-order valence-electron chi connectivity index (χ1n) is 10.6. The highest BCUT2D eigenvalue weighted by molar-refractivity contribution is 7.80. The van der Waals surface area contributed by atoms with Crippen molar-refractivity contribution in [3.8, 4) is 0 Å². The molecule has 0 amide bonds. The molecule has 0 aromatic heterocycles. The van der Waals surface area contributed by atoms with Gasteiger partial charge in [-0.3, -0.25) is 0 Å². The molecule has 4 nitrogen and oxygen atoms in total. The van der Waals surface area contributed by atoms with Crippen molar-refractivity contribution in [2.45, 2.75) is 49.5 Å². The fraction of sp³-hybridized carbons (Fsp3) is 0.308. The lowest BCUT2D eigenvalue weighted by atomic mass is 9.94. The van der Waals surface area contributed by atoms with Crippen LogP contribution in [0.25, 0.3) is 0 Å². The van der Waals surface area contributed by atoms with E-state index in [4.69, 9.17) is 14.2 Å². The molecule has 31 heavy (non-hydrogen) atoms. The van der Waals surface area contributed by atoms with E-state index in [9.17, 15) is 5.11 Å². The SMILES string of the molecule is O[C@@H]1C(Cc2ccccc2)O[C@@H](S)[C@H](OCc2ccccc2)[C@@H]1OCc1ccccc1. The van der Waals surface area contributed by atoms with Gasteiger partial charge >= 0.3 is 0 Å². The number of hydrogen-bond acceptors (Lipinski definition) is 5. The van der Waals surface area contributed by atoms with Crippen molar-refractivity contribution < 1.29 is 19.3 Å². The summed E-state index contributed by atoms with van der Waals surface area (Å²) in [5, 5.41) is 11.2. The third-order valence-corrected chi connectivity index (χ3v) is 5.90. The minimum absolute atomic E-state index is 0.381. The molecule has 1 heterocycles. The van der Waals surface area contributed by atoms with Gasteiger partial charge in [0, 0.05) is 6.42 Å². The zero-order valence-corrected chi connectivity index (χ0v) is 18.2. The molecule has 1 fully saturated rings. The van der Waals surface area contributed by atoms with Crippen LogP contribution in [0, 0.1) is 0 Å². The quantitative estimate of drug-likeness (QED) is 0.514. The highest BCUT2D eigenvalue weighted by atomic mass is 32.1. The smallest absolute Gasteiger partial charge is 0.129 e. The fourth-order valence-electron chi connectivity index (χ4n) is 3.82. The summed E-state index contributed by atoms with van der Waals surface area (Å²) in [4.78, 5) is 0. The lowest BCUT2D eigenvalue weighted by Crippen LogP contribution is -2.58. The lowest BCUT2D eigenvalue weighted by molar-refractivity contribution is -0.231. The Balaban J connectivity index is 1.49. The first-order valence-corrected chi connectivity index (χ1v) is 11.1. The minimum atomic E-state index is -0.840. The maximum absolute atomic E-state index is 11.2. The van der Waals surface area contributed by atoms with Crippen molar-refractivity contribution in [3.63, 3.8) is 0 Å². The second-order valence-electron chi connectivity index (χ2n) is 7.77. The molecule has 0 radical (unpaired) electrons. The minimum Gasteiger partial charge on any atom is -0.388 e. The predicted molar refractivity (Wildman–Crippen MR) is 124 cm³/mol. The summed E-state index contributed by atoms with van der Waals surface area (Å²) in [6, 6.07) is 29.9. The topological polar surface area (TPSA) is 47.9 Å². The summed E-state index contributed by atoms with van der Waals surface area (Å²) in [6.07, 6.45) is -1.76. The van der Waals surface area contributed by atoms with Crippen LogP contribution in [-0.2, 0) is 33.8 Å². The van der Waals surface area contributed by atoms with Gasteiger partial charge in [-0.15, -0.1) is 12.6 Å². The van der Waals surface area contributed by atoms with E-state index in [-0.39, 0.29) is 0 Å². The number of thiol groups is 1. The summed E-state index contributed by atoms with van der Waals surface area (Å²) in [5.41, 5.74) is 2.67. The average molecular weight is 437 g/mol. The summed E-state index contributed by atoms with van der Waals surface area (Å²) in [5.74, 6) is 0. The van der Waals surface area contributed by atoms with E-state index in [2.05, 4.69) is 12.6 Å². The Morgan fingerprint density at radius 3 is 1.65 bits per heavy atom. The molecule has 3 aromatic rings. The number of aliphatic hydroxyl groups is 1. The van der Waals surface area contributed by atoms with Gasteiger partial charge in [0.25, 0.3) is 0 Å². The molecule has 1 unspecified atom stereocenters. The number of hydrogen-bond donors (Lipinski definition) is 2. The van der Waals surface area contributed by atoms with E-state index in [1.165, 1.54) is 0 Å². The van der Waals surface area contributed by atoms with Gasteiger partial charge in [-0.2, -0.15) is 0 Å². The monoisotopic (exact) mass is 436 g/mol. The molecular weight excluding hydrogens is 408 g/mol. The maximum atomic E-state index is 11.2. The van der Waals surface area contributed by atoms with Crippen molar-refractivity contribution in [2.75, 3.05) is 0 Å². The number of aliphatic hydroxyl groups excluding tert-OH is 1. The van der Waals surface area contributed by atoms with Gasteiger partial charge in [0.05, 0.1) is 19.3 Å². The first-order chi connectivity index (χ1) is 15.2. The van der Waals surface area contributed by atoms with Gasteiger partial charge in [-0.25, -0.2) is 0 Å². The Morgan fingerprint density at radius 1 is 0.677 bits per heavy atom. The van der Waals surface area contributed by atoms with Crippen LogP contribution in [0.2, 0.25) is 0 Å². The molecule has 0 bridgehead atoms. The van der Waals surface area contributed by atoms with Gasteiger partial charge in [-0.05, 0) is 16.7 Å². The van der Waals surface area contributed by atoms with E-state index in [1.807, 2.05) is 91.0 Å². The molecule has 0 aliphatic carbocycles. The molecule has 0 spiro atoms. The van der Waals surface area contributed by atoms with Crippen LogP contribution in [0.4, 0.5) is 0 Å². The third-order valence-electron chi connectivity index (χ3n) is 5.49. The maximum Gasteiger partial charge on any atom is 0.129 e. The van der Waals surface area contributed by atoms with Gasteiger partial charge in [0.2, 0.25) is 0 Å². The Hall–Kier alpha value is -2.15. The zero-order valence-electron chi connectivity index (χ0n) is 17.3. The zero-order chi connectivity index (χ0) is 21.5. The van der Waals surface area contributed by atoms with Crippen LogP contribution in [0.1, 0.15) is 16.7 Å². The lowest BCUT2D eigenvalue weighted by Gasteiger charge is -2.43. The molecule has 1 aliphatic heterocycles. The molecule has 0 saturated carbocycles. The van der Waals surface area contributed by atoms with E-state index in [0.29, 0.717) is 19.6 Å². The van der Waals surface area contributed by atoms with Crippen LogP contribution in [0.3, 0.4) is 0 Å². The number of rotatable bonds is 8. The Morgan fingerprint density at radius 2 is 1.13 bits per heavy atom. The van der Waals surface area contributed by atoms with Crippen LogP contribution in [0.5, 0.6) is 0 Å². The van der Waals surface area contributed by atoms with Gasteiger partial charge in [0.15, 0.2) is 0 Å². The van der Waals surface area contributed by atoms with Crippen molar-refractivity contribution in [3.05, 3.63) is 108 Å². The van der Waals surface area contributed by atoms with Gasteiger partial charge in [0.1, 0.15) is 23.7 Å². The molecule has 162 valence electrons. The summed E-state index contributed by atoms with van der Waals surface area (Å²) in [6.45, 7) is 0.777. The summed E-state index contributed by atoms with van der Waals surface area (Å²) in [7, 11) is 0. The highest BCUT2D eigenvalue weighted by Gasteiger charge is 2.45. The van der Waals surface area contributed by atoms with Crippen LogP contribution < -0.4 is 0 Å². The molecule has 4 rings (SSSR count). The Bertz CT molecular complexity index is 906. The van der Waals surface area contributed by atoms with E-state index < -0.39 is 29.9 Å². The Labute approximate surface area is 189 Å². The second kappa shape index (κ2) is 10.9. The third kappa shape index (κ3) is 5.97. The molecule has 1 aliphatic rings. The van der Waals surface area contributed by atoms with Crippen LogP contribution >= 0.6 is 12.6 Å². The molecule has 5 atom stereocenters. The molecule has 5 heteroatoms. The highest BCUT2D eigenvalue weighted by Crippen LogP contribution is 2.31. The van der Waals surface area contributed by atoms with Crippen molar-refractivity contribution in [2.24, 2.45) is 0 Å². The summed E-state index contributed by atoms with van der Waals surface area (Å²) >= 11 is 4.67. The van der Waals surface area contributed by atoms with Crippen LogP contribution in [-0.4, -0.2) is 35.0 Å². The molecular formula is C26H28O4S. The second-order valence-corrected chi connectivity index (χ2v) is 8.28.